The number of carbonyl (C=O) groups excluding carboxylic acids is 1. The fourth-order valence-electron chi connectivity index (χ4n) is 3.00. The first-order chi connectivity index (χ1) is 8.67. The molecule has 0 aromatic heterocycles. The van der Waals surface area contributed by atoms with Gasteiger partial charge in [0.05, 0.1) is 19.6 Å². The highest BCUT2D eigenvalue weighted by atomic mass is 79.9. The molecule has 0 radical (unpaired) electrons. The topological polar surface area (TPSA) is 20.3 Å². The van der Waals surface area contributed by atoms with Crippen LogP contribution in [0.1, 0.15) is 10.4 Å². The van der Waals surface area contributed by atoms with Gasteiger partial charge in [-0.2, -0.15) is 0 Å². The van der Waals surface area contributed by atoms with Gasteiger partial charge in [0, 0.05) is 29.7 Å². The van der Waals surface area contributed by atoms with Crippen molar-refractivity contribution in [2.75, 3.05) is 45.8 Å². The zero-order valence-corrected chi connectivity index (χ0v) is 14.0. The summed E-state index contributed by atoms with van der Waals surface area (Å²) in [5.41, 5.74) is 0.846. The molecule has 4 rings (SSSR count). The van der Waals surface area contributed by atoms with E-state index in [1.165, 1.54) is 0 Å². The van der Waals surface area contributed by atoms with Gasteiger partial charge >= 0.3 is 0 Å². The van der Waals surface area contributed by atoms with Crippen molar-refractivity contribution in [3.63, 3.8) is 0 Å². The summed E-state index contributed by atoms with van der Waals surface area (Å²) in [6.45, 7) is 7.58. The molecule has 0 spiro atoms. The van der Waals surface area contributed by atoms with E-state index in [-0.39, 0.29) is 22.8 Å². The van der Waals surface area contributed by atoms with E-state index in [2.05, 4.69) is 20.8 Å². The molecule has 2 bridgehead atoms. The lowest BCUT2D eigenvalue weighted by atomic mass is 10.1. The number of nitrogens with zero attached hydrogens (tertiary/aromatic N) is 2. The number of rotatable bonds is 3. The summed E-state index contributed by atoms with van der Waals surface area (Å²) >= 11 is 3.40. The lowest BCUT2D eigenvalue weighted by molar-refractivity contribution is -0.933. The number of fused-ring (bicyclic) bond motifs is 3. The number of ketones is 1. The third-order valence-electron chi connectivity index (χ3n) is 4.32. The number of Topliss-reactive ketones (excluding diaryl/α,β-unsaturated/α-hetero) is 1. The lowest BCUT2D eigenvalue weighted by Crippen LogP contribution is -3.00. The standard InChI is InChI=1S/C14H18BrN2O.BrH/c15-13-3-1-12(2-4-13)14(18)11-17-8-5-16(6-9-17)7-10-17;/h1-4H,5-11H2;1H/q+1;/p-1. The van der Waals surface area contributed by atoms with Crippen LogP contribution in [0.2, 0.25) is 0 Å². The molecular formula is C14H18Br2N2O. The van der Waals surface area contributed by atoms with E-state index in [1.807, 2.05) is 24.3 Å². The summed E-state index contributed by atoms with van der Waals surface area (Å²) in [5.74, 6) is 0.290. The Morgan fingerprint density at radius 2 is 1.63 bits per heavy atom. The molecule has 3 heterocycles. The summed E-state index contributed by atoms with van der Waals surface area (Å²) < 4.78 is 2.03. The number of halogens is 2. The molecule has 0 amide bonds. The van der Waals surface area contributed by atoms with Crippen LogP contribution in [-0.2, 0) is 0 Å². The summed E-state index contributed by atoms with van der Waals surface area (Å²) in [6.07, 6.45) is 0. The highest BCUT2D eigenvalue weighted by Gasteiger charge is 2.39. The van der Waals surface area contributed by atoms with Crippen molar-refractivity contribution < 1.29 is 26.3 Å². The van der Waals surface area contributed by atoms with Gasteiger partial charge in [0.15, 0.2) is 0 Å². The fraction of sp³-hybridized carbons (Fsp3) is 0.500. The van der Waals surface area contributed by atoms with E-state index < -0.39 is 0 Å². The maximum Gasteiger partial charge on any atom is 0.216 e. The number of benzene rings is 1. The Morgan fingerprint density at radius 3 is 2.16 bits per heavy atom. The lowest BCUT2D eigenvalue weighted by Gasteiger charge is -2.50. The Morgan fingerprint density at radius 1 is 1.11 bits per heavy atom. The third-order valence-corrected chi connectivity index (χ3v) is 4.85. The second kappa shape index (κ2) is 6.04. The van der Waals surface area contributed by atoms with Crippen LogP contribution in [0.3, 0.4) is 0 Å². The maximum absolute atomic E-state index is 12.4. The molecule has 0 aliphatic carbocycles. The summed E-state index contributed by atoms with van der Waals surface area (Å²) in [6, 6.07) is 7.73. The van der Waals surface area contributed by atoms with Gasteiger partial charge in [-0.15, -0.1) is 0 Å². The number of piperazine rings is 3. The molecule has 1 aromatic carbocycles. The monoisotopic (exact) mass is 388 g/mol. The highest BCUT2D eigenvalue weighted by Crippen LogP contribution is 2.20. The van der Waals surface area contributed by atoms with Crippen LogP contribution in [0.4, 0.5) is 0 Å². The molecule has 3 saturated heterocycles. The number of carbonyl (C=O) groups is 1. The minimum atomic E-state index is 0. The second-order valence-electron chi connectivity index (χ2n) is 5.44. The molecule has 5 heteroatoms. The van der Waals surface area contributed by atoms with Gasteiger partial charge in [-0.05, 0) is 12.1 Å². The fourth-order valence-corrected chi connectivity index (χ4v) is 3.26. The van der Waals surface area contributed by atoms with Crippen LogP contribution in [-0.4, -0.2) is 61.0 Å². The summed E-state index contributed by atoms with van der Waals surface area (Å²) in [7, 11) is 0. The second-order valence-corrected chi connectivity index (χ2v) is 6.36. The average Bonchev–Trinajstić information content (AvgIpc) is 2.41. The Kier molecular flexibility index (Phi) is 4.82. The molecule has 1 aromatic rings. The van der Waals surface area contributed by atoms with Crippen molar-refractivity contribution in [3.8, 4) is 0 Å². The quantitative estimate of drug-likeness (QED) is 0.477. The molecule has 0 atom stereocenters. The first-order valence-electron chi connectivity index (χ1n) is 6.53. The van der Waals surface area contributed by atoms with Crippen molar-refractivity contribution in [3.05, 3.63) is 34.3 Å². The molecule has 3 aliphatic heterocycles. The first-order valence-corrected chi connectivity index (χ1v) is 7.32. The third kappa shape index (κ3) is 3.27. The van der Waals surface area contributed by atoms with Crippen molar-refractivity contribution in [1.82, 2.24) is 4.90 Å². The highest BCUT2D eigenvalue weighted by molar-refractivity contribution is 9.10. The normalized spacial score (nSPS) is 28.8. The van der Waals surface area contributed by atoms with E-state index in [0.717, 1.165) is 53.8 Å². The zero-order valence-electron chi connectivity index (χ0n) is 10.8. The number of hydrogen-bond acceptors (Lipinski definition) is 2. The van der Waals surface area contributed by atoms with Gasteiger partial charge < -0.3 is 21.5 Å². The largest absolute Gasteiger partial charge is 1.00 e. The Hall–Kier alpha value is -0.230. The van der Waals surface area contributed by atoms with Crippen LogP contribution in [0.15, 0.2) is 28.7 Å². The van der Waals surface area contributed by atoms with Gasteiger partial charge in [0.2, 0.25) is 5.78 Å². The van der Waals surface area contributed by atoms with Crippen molar-refractivity contribution in [2.45, 2.75) is 0 Å². The van der Waals surface area contributed by atoms with Gasteiger partial charge in [-0.1, -0.05) is 28.1 Å². The Bertz CT molecular complexity index is 439. The summed E-state index contributed by atoms with van der Waals surface area (Å²) in [5, 5.41) is 0. The van der Waals surface area contributed by atoms with E-state index in [4.69, 9.17) is 0 Å². The molecule has 0 unspecified atom stereocenters. The van der Waals surface area contributed by atoms with Gasteiger partial charge in [0.1, 0.15) is 6.54 Å². The Labute approximate surface area is 133 Å². The minimum absolute atomic E-state index is 0. The molecular weight excluding hydrogens is 372 g/mol. The van der Waals surface area contributed by atoms with E-state index in [0.29, 0.717) is 6.54 Å². The van der Waals surface area contributed by atoms with Crippen molar-refractivity contribution in [1.29, 1.82) is 0 Å². The molecule has 3 fully saturated rings. The van der Waals surface area contributed by atoms with Crippen molar-refractivity contribution in [2.24, 2.45) is 0 Å². The van der Waals surface area contributed by atoms with Crippen LogP contribution >= 0.6 is 15.9 Å². The first kappa shape index (κ1) is 15.2. The zero-order chi connectivity index (χ0) is 12.6. The maximum atomic E-state index is 12.4. The van der Waals surface area contributed by atoms with E-state index in [9.17, 15) is 4.79 Å². The Balaban J connectivity index is 0.00000133. The molecule has 104 valence electrons. The molecule has 3 aliphatic rings. The molecule has 19 heavy (non-hydrogen) atoms. The van der Waals surface area contributed by atoms with Crippen LogP contribution in [0.5, 0.6) is 0 Å². The van der Waals surface area contributed by atoms with Crippen LogP contribution in [0.25, 0.3) is 0 Å². The molecule has 0 saturated carbocycles. The number of quaternary nitrogens is 1. The van der Waals surface area contributed by atoms with Gasteiger partial charge in [0.25, 0.3) is 0 Å². The van der Waals surface area contributed by atoms with E-state index >= 15 is 0 Å². The van der Waals surface area contributed by atoms with Crippen molar-refractivity contribution >= 4 is 21.7 Å². The smallest absolute Gasteiger partial charge is 0.216 e. The SMILES string of the molecule is O=C(C[N+]12CCN(CC1)CC2)c1ccc(Br)cc1.[Br-]. The predicted molar refractivity (Wildman–Crippen MR) is 74.6 cm³/mol. The van der Waals surface area contributed by atoms with Gasteiger partial charge in [-0.25, -0.2) is 0 Å². The van der Waals surface area contributed by atoms with Gasteiger partial charge in [-0.3, -0.25) is 9.69 Å². The molecule has 0 N–H and O–H groups in total. The minimum Gasteiger partial charge on any atom is -1.00 e. The average molecular weight is 390 g/mol. The molecule has 3 nitrogen and oxygen atoms in total. The number of hydrogen-bond donors (Lipinski definition) is 0. The van der Waals surface area contributed by atoms with E-state index in [1.54, 1.807) is 0 Å². The predicted octanol–water partition coefficient (Wildman–Crippen LogP) is -1.22. The van der Waals surface area contributed by atoms with Crippen LogP contribution in [0, 0.1) is 0 Å². The summed E-state index contributed by atoms with van der Waals surface area (Å²) in [4.78, 5) is 14.9. The van der Waals surface area contributed by atoms with Crippen LogP contribution < -0.4 is 17.0 Å².